The Kier molecular flexibility index (Phi) is 8.54. The third-order valence-corrected chi connectivity index (χ3v) is 9.99. The molecule has 146 valence electrons. The second-order valence-electron chi connectivity index (χ2n) is 7.41. The Labute approximate surface area is 169 Å². The molecule has 27 heavy (non-hydrogen) atoms. The van der Waals surface area contributed by atoms with Gasteiger partial charge in [-0.3, -0.25) is 0 Å². The molecule has 0 aliphatic carbocycles. The molecular weight excluding hydrogens is 371 g/mol. The van der Waals surface area contributed by atoms with Gasteiger partial charge in [0.15, 0.2) is 0 Å². The summed E-state index contributed by atoms with van der Waals surface area (Å²) in [6.07, 6.45) is 8.06. The fourth-order valence-electron chi connectivity index (χ4n) is 3.51. The molecule has 4 heteroatoms. The van der Waals surface area contributed by atoms with Crippen molar-refractivity contribution in [2.75, 3.05) is 38.3 Å². The monoisotopic (exact) mass is 402 g/mol. The van der Waals surface area contributed by atoms with Crippen LogP contribution in [0.25, 0.3) is 0 Å². The van der Waals surface area contributed by atoms with Crippen molar-refractivity contribution >= 4 is 17.8 Å². The van der Waals surface area contributed by atoms with Crippen LogP contribution in [0.2, 0.25) is 0 Å². The van der Waals surface area contributed by atoms with Crippen molar-refractivity contribution in [3.63, 3.8) is 0 Å². The van der Waals surface area contributed by atoms with Crippen molar-refractivity contribution in [1.29, 1.82) is 0 Å². The summed E-state index contributed by atoms with van der Waals surface area (Å²) >= 11 is 6.25. The van der Waals surface area contributed by atoms with Crippen LogP contribution in [0, 0.1) is 0 Å². The first kappa shape index (κ1) is 20.7. The van der Waals surface area contributed by atoms with Crippen molar-refractivity contribution in [3.05, 3.63) is 71.8 Å². The van der Waals surface area contributed by atoms with E-state index in [-0.39, 0.29) is 0 Å². The van der Waals surface area contributed by atoms with Crippen LogP contribution in [0.4, 0.5) is 0 Å². The summed E-state index contributed by atoms with van der Waals surface area (Å²) in [7, 11) is 0. The lowest BCUT2D eigenvalue weighted by molar-refractivity contribution is 0.0224. The Balaban J connectivity index is 1.52. The highest BCUT2D eigenvalue weighted by Crippen LogP contribution is 2.46. The molecule has 0 spiro atoms. The largest absolute Gasteiger partial charge is 0.378 e. The van der Waals surface area contributed by atoms with Crippen LogP contribution >= 0.6 is 6.04 Å². The molecule has 1 fully saturated rings. The Morgan fingerprint density at radius 3 is 2.00 bits per heavy atom. The van der Waals surface area contributed by atoms with E-state index in [1.54, 1.807) is 0 Å². The van der Waals surface area contributed by atoms with Gasteiger partial charge < -0.3 is 9.47 Å². The molecule has 2 nitrogen and oxygen atoms in total. The molecule has 0 aromatic heterocycles. The second-order valence-corrected chi connectivity index (χ2v) is 13.2. The van der Waals surface area contributed by atoms with Crippen molar-refractivity contribution < 1.29 is 9.47 Å². The smallest absolute Gasteiger partial charge is 0.0809 e. The number of hydrogen-bond donors (Lipinski definition) is 0. The fraction of sp³-hybridized carbons (Fsp3) is 0.478. The molecule has 0 saturated carbocycles. The second kappa shape index (κ2) is 11.1. The average molecular weight is 403 g/mol. The van der Waals surface area contributed by atoms with E-state index in [4.69, 9.17) is 21.3 Å². The number of hydrogen-bond acceptors (Lipinski definition) is 3. The van der Waals surface area contributed by atoms with Gasteiger partial charge in [-0.25, -0.2) is 0 Å². The molecule has 1 atom stereocenters. The van der Waals surface area contributed by atoms with Gasteiger partial charge in [0.25, 0.3) is 0 Å². The first-order chi connectivity index (χ1) is 13.2. The van der Waals surface area contributed by atoms with Gasteiger partial charge in [0.1, 0.15) is 0 Å². The highest BCUT2D eigenvalue weighted by atomic mass is 32.4. The molecule has 2 aromatic carbocycles. The molecular formula is C23H31O2PS. The zero-order valence-corrected chi connectivity index (χ0v) is 17.8. The van der Waals surface area contributed by atoms with Gasteiger partial charge in [0, 0.05) is 12.8 Å². The van der Waals surface area contributed by atoms with Gasteiger partial charge in [-0.05, 0) is 55.2 Å². The van der Waals surface area contributed by atoms with E-state index in [1.165, 1.54) is 17.5 Å². The van der Waals surface area contributed by atoms with E-state index in [0.717, 1.165) is 57.6 Å². The van der Waals surface area contributed by atoms with E-state index in [1.807, 2.05) is 0 Å². The van der Waals surface area contributed by atoms with Crippen LogP contribution in [0.15, 0.2) is 60.7 Å². The van der Waals surface area contributed by atoms with E-state index in [0.29, 0.717) is 6.10 Å². The van der Waals surface area contributed by atoms with Crippen LogP contribution in [0.3, 0.4) is 0 Å². The topological polar surface area (TPSA) is 18.5 Å². The highest BCUT2D eigenvalue weighted by molar-refractivity contribution is 8.14. The summed E-state index contributed by atoms with van der Waals surface area (Å²) in [4.78, 5) is 0. The maximum absolute atomic E-state index is 6.25. The lowest BCUT2D eigenvalue weighted by atomic mass is 10.2. The lowest BCUT2D eigenvalue weighted by Gasteiger charge is -2.23. The summed E-state index contributed by atoms with van der Waals surface area (Å²) in [6, 6.07) is 20.0. The number of benzene rings is 2. The van der Waals surface area contributed by atoms with E-state index >= 15 is 0 Å². The summed E-state index contributed by atoms with van der Waals surface area (Å²) in [6.45, 7) is 2.40. The van der Waals surface area contributed by atoms with Gasteiger partial charge in [-0.15, -0.1) is 0 Å². The van der Waals surface area contributed by atoms with Crippen LogP contribution in [0.5, 0.6) is 0 Å². The zero-order chi connectivity index (χ0) is 18.8. The van der Waals surface area contributed by atoms with E-state index < -0.39 is 6.04 Å². The Hall–Kier alpha value is -0.990. The number of ether oxygens (including phenoxy) is 2. The zero-order valence-electron chi connectivity index (χ0n) is 16.1. The summed E-state index contributed by atoms with van der Waals surface area (Å²) in [5, 5.41) is 0. The maximum Gasteiger partial charge on any atom is 0.0809 e. The van der Waals surface area contributed by atoms with Crippen molar-refractivity contribution in [2.24, 2.45) is 0 Å². The summed E-state index contributed by atoms with van der Waals surface area (Å²) in [5.74, 6) is 0. The predicted molar refractivity (Wildman–Crippen MR) is 119 cm³/mol. The maximum atomic E-state index is 6.25. The molecule has 0 amide bonds. The molecule has 1 unspecified atom stereocenters. The van der Waals surface area contributed by atoms with E-state index in [9.17, 15) is 0 Å². The van der Waals surface area contributed by atoms with Crippen LogP contribution in [-0.4, -0.2) is 44.4 Å². The molecule has 0 radical (unpaired) electrons. The Morgan fingerprint density at radius 2 is 1.48 bits per heavy atom. The molecule has 2 aromatic rings. The number of aryl methyl sites for hydroxylation is 2. The SMILES string of the molecule is S=P(CCOCC1CCCO1)(CCc1ccccc1)CCc1ccccc1. The molecule has 1 heterocycles. The van der Waals surface area contributed by atoms with Gasteiger partial charge in [-0.1, -0.05) is 72.5 Å². The normalized spacial score (nSPS) is 17.3. The summed E-state index contributed by atoms with van der Waals surface area (Å²) < 4.78 is 11.6. The van der Waals surface area contributed by atoms with Gasteiger partial charge in [0.2, 0.25) is 0 Å². The standard InChI is InChI=1S/C23H31O2PS/c27-26(17-13-21-8-3-1-4-9-21,18-14-22-10-5-2-6-11-22)19-16-24-20-23-12-7-15-25-23/h1-6,8-11,23H,7,12-20H2. The Bertz CT molecular complexity index is 651. The highest BCUT2D eigenvalue weighted by Gasteiger charge is 2.19. The predicted octanol–water partition coefficient (Wildman–Crippen LogP) is 5.15. The van der Waals surface area contributed by atoms with Crippen LogP contribution in [-0.2, 0) is 34.1 Å². The van der Waals surface area contributed by atoms with Gasteiger partial charge in [-0.2, -0.15) is 0 Å². The minimum Gasteiger partial charge on any atom is -0.378 e. The quantitative estimate of drug-likeness (QED) is 0.383. The first-order valence-corrected chi connectivity index (χ1v) is 13.4. The minimum absolute atomic E-state index is 0.302. The molecule has 1 aliphatic rings. The third-order valence-electron chi connectivity index (χ3n) is 5.27. The summed E-state index contributed by atoms with van der Waals surface area (Å²) in [5.41, 5.74) is 2.79. The van der Waals surface area contributed by atoms with Crippen molar-refractivity contribution in [2.45, 2.75) is 31.8 Å². The van der Waals surface area contributed by atoms with Gasteiger partial charge >= 0.3 is 0 Å². The van der Waals surface area contributed by atoms with Gasteiger partial charge in [0.05, 0.1) is 19.3 Å². The first-order valence-electron chi connectivity index (χ1n) is 10.1. The Morgan fingerprint density at radius 1 is 0.889 bits per heavy atom. The van der Waals surface area contributed by atoms with Crippen molar-refractivity contribution in [3.8, 4) is 0 Å². The van der Waals surface area contributed by atoms with Crippen molar-refractivity contribution in [1.82, 2.24) is 0 Å². The minimum atomic E-state index is -1.44. The molecule has 0 N–H and O–H groups in total. The molecule has 1 saturated heterocycles. The molecule has 1 aliphatic heterocycles. The van der Waals surface area contributed by atoms with E-state index in [2.05, 4.69) is 60.7 Å². The number of rotatable bonds is 11. The average Bonchev–Trinajstić information content (AvgIpc) is 3.24. The molecule has 0 bridgehead atoms. The van der Waals surface area contributed by atoms with Crippen LogP contribution < -0.4 is 0 Å². The lowest BCUT2D eigenvalue weighted by Crippen LogP contribution is -2.17. The fourth-order valence-corrected chi connectivity index (χ4v) is 6.75. The molecule has 3 rings (SSSR count). The van der Waals surface area contributed by atoms with Crippen LogP contribution in [0.1, 0.15) is 24.0 Å². The third kappa shape index (κ3) is 7.50.